The molecule has 2 saturated heterocycles. The van der Waals surface area contributed by atoms with Crippen LogP contribution in [-0.4, -0.2) is 97.2 Å². The van der Waals surface area contributed by atoms with Crippen LogP contribution in [0.15, 0.2) is 97.5 Å². The number of carbonyl (C=O) groups is 6. The predicted octanol–water partition coefficient (Wildman–Crippen LogP) is 7.52. The maximum absolute atomic E-state index is 13.2. The summed E-state index contributed by atoms with van der Waals surface area (Å²) < 4.78 is 0. The molecule has 8 rings (SSSR count). The number of pyridine rings is 1. The second kappa shape index (κ2) is 22.4. The summed E-state index contributed by atoms with van der Waals surface area (Å²) in [6, 6.07) is 24.4. The molecule has 0 bridgehead atoms. The number of unbranched alkanes of at least 4 members (excludes halogenated alkanes) is 3. The van der Waals surface area contributed by atoms with Crippen molar-refractivity contribution in [2.45, 2.75) is 104 Å². The number of benzene rings is 3. The Bertz CT molecular complexity index is 2550. The summed E-state index contributed by atoms with van der Waals surface area (Å²) >= 11 is 0. The van der Waals surface area contributed by atoms with Gasteiger partial charge in [0.2, 0.25) is 17.7 Å². The molecule has 0 aliphatic carbocycles. The van der Waals surface area contributed by atoms with Crippen molar-refractivity contribution in [2.24, 2.45) is 0 Å². The number of rotatable bonds is 16. The van der Waals surface area contributed by atoms with Crippen LogP contribution in [0.2, 0.25) is 0 Å². The van der Waals surface area contributed by atoms with Crippen molar-refractivity contribution in [2.75, 3.05) is 26.2 Å². The van der Waals surface area contributed by atoms with Gasteiger partial charge in [0.25, 0.3) is 11.8 Å². The second-order valence-electron chi connectivity index (χ2n) is 17.3. The van der Waals surface area contributed by atoms with Crippen LogP contribution in [0, 0.1) is 6.92 Å². The van der Waals surface area contributed by atoms with E-state index in [-0.39, 0.29) is 30.4 Å². The Balaban J connectivity index is 0.000000228. The fourth-order valence-corrected chi connectivity index (χ4v) is 8.70. The monoisotopic (exact) mass is 889 g/mol. The number of imide groups is 2. The predicted molar refractivity (Wildman–Crippen MR) is 251 cm³/mol. The van der Waals surface area contributed by atoms with Gasteiger partial charge in [-0.1, -0.05) is 87.7 Å². The number of hydrogen-bond donors (Lipinski definition) is 1. The van der Waals surface area contributed by atoms with Crippen LogP contribution >= 0.6 is 0 Å². The van der Waals surface area contributed by atoms with Crippen LogP contribution in [0.25, 0.3) is 11.3 Å². The minimum absolute atomic E-state index is 0.102. The number of carbonyl (C=O) groups excluding carboxylic acids is 6. The van der Waals surface area contributed by atoms with Gasteiger partial charge in [-0.2, -0.15) is 0 Å². The molecule has 66 heavy (non-hydrogen) atoms. The highest BCUT2D eigenvalue weighted by Crippen LogP contribution is 2.31. The van der Waals surface area contributed by atoms with E-state index in [1.54, 1.807) is 30.7 Å². The van der Waals surface area contributed by atoms with Crippen LogP contribution in [0.4, 0.5) is 0 Å². The van der Waals surface area contributed by atoms with Gasteiger partial charge in [-0.05, 0) is 84.7 Å². The molecule has 2 aromatic heterocycles. The summed E-state index contributed by atoms with van der Waals surface area (Å²) in [5.74, 6) is -0.684. The normalized spacial score (nSPS) is 16.1. The molecule has 13 heteroatoms. The zero-order valence-electron chi connectivity index (χ0n) is 38.3. The quantitative estimate of drug-likeness (QED) is 0.0596. The lowest BCUT2D eigenvalue weighted by Gasteiger charge is -2.34. The number of piperazine rings is 1. The van der Waals surface area contributed by atoms with Crippen LogP contribution in [0.1, 0.15) is 130 Å². The largest absolute Gasteiger partial charge is 0.340 e. The molecule has 5 aromatic rings. The lowest BCUT2D eigenvalue weighted by Crippen LogP contribution is -2.54. The molecule has 3 aliphatic rings. The molecule has 5 heterocycles. The molecule has 2 fully saturated rings. The maximum Gasteiger partial charge on any atom is 0.262 e. The first-order chi connectivity index (χ1) is 32.0. The molecular weight excluding hydrogens is 831 g/mol. The SMILES string of the molecule is CCCCC(=O)N1CCN(Cc2ccc(C(=O)Cc3ccc(C)c(Cc4nccc(-c5cccnc5)n4)c3)cc2)CC1.CCCCCc1cccc2c1C(=O)N(C1CCC(=O)NC1=O)C2=O. The first kappa shape index (κ1) is 47.2. The number of hydrogen-bond acceptors (Lipinski definition) is 10. The number of nitrogens with one attached hydrogen (secondary N) is 1. The molecule has 0 spiro atoms. The van der Waals surface area contributed by atoms with E-state index in [0.717, 1.165) is 121 Å². The standard InChI is InChI=1S/C35H39N5O2.C18H20N2O4/c1-3-4-7-35(42)40-19-17-39(18-20-40)25-27-10-12-29(13-11-27)33(41)22-28-9-8-26(2)31(21-28)23-34-37-16-14-32(38-34)30-6-5-15-36-24-30;1-2-3-4-6-11-7-5-8-12-15(11)18(24)20(17(12)23)13-9-10-14(21)19-16(13)22/h5-6,8-16,21,24H,3-4,7,17-20,22-23,25H2,1-2H3;5,7-8,13H,2-4,6,9-10H2,1H3,(H,19,21,22). The number of Topliss-reactive ketones (excluding diaryl/α,β-unsaturated/α-hetero) is 1. The molecule has 3 aliphatic heterocycles. The smallest absolute Gasteiger partial charge is 0.262 e. The fourth-order valence-electron chi connectivity index (χ4n) is 8.70. The van der Waals surface area contributed by atoms with Gasteiger partial charge in [0.15, 0.2) is 5.78 Å². The van der Waals surface area contributed by atoms with E-state index in [2.05, 4.69) is 65.2 Å². The number of nitrogens with zero attached hydrogens (tertiary/aromatic N) is 6. The second-order valence-corrected chi connectivity index (χ2v) is 17.3. The van der Waals surface area contributed by atoms with Crippen LogP contribution in [0.5, 0.6) is 0 Å². The molecule has 0 radical (unpaired) electrons. The molecule has 3 aromatic carbocycles. The Labute approximate surface area is 387 Å². The van der Waals surface area contributed by atoms with E-state index in [9.17, 15) is 28.8 Å². The molecular formula is C53H59N7O6. The zero-order valence-corrected chi connectivity index (χ0v) is 38.3. The molecule has 0 saturated carbocycles. The fraction of sp³-hybridized carbons (Fsp3) is 0.377. The summed E-state index contributed by atoms with van der Waals surface area (Å²) in [6.45, 7) is 10.5. The Morgan fingerprint density at radius 2 is 1.56 bits per heavy atom. The molecule has 13 nitrogen and oxygen atoms in total. The maximum atomic E-state index is 13.2. The third-order valence-corrected chi connectivity index (χ3v) is 12.5. The minimum atomic E-state index is -0.904. The van der Waals surface area contributed by atoms with Gasteiger partial charge >= 0.3 is 0 Å². The number of piperidine rings is 1. The van der Waals surface area contributed by atoms with E-state index >= 15 is 0 Å². The number of ketones is 1. The highest BCUT2D eigenvalue weighted by molar-refractivity contribution is 6.24. The van der Waals surface area contributed by atoms with Crippen molar-refractivity contribution in [1.29, 1.82) is 0 Å². The third kappa shape index (κ3) is 11.7. The highest BCUT2D eigenvalue weighted by Gasteiger charge is 2.45. The van der Waals surface area contributed by atoms with Crippen LogP contribution in [-0.2, 0) is 40.2 Å². The van der Waals surface area contributed by atoms with E-state index < -0.39 is 23.8 Å². The van der Waals surface area contributed by atoms with Crippen molar-refractivity contribution in [1.82, 2.24) is 35.0 Å². The first-order valence-corrected chi connectivity index (χ1v) is 23.3. The van der Waals surface area contributed by atoms with Gasteiger partial charge in [0.05, 0.1) is 16.8 Å². The molecule has 1 atom stereocenters. The Morgan fingerprint density at radius 1 is 0.788 bits per heavy atom. The molecule has 5 amide bonds. The van der Waals surface area contributed by atoms with Gasteiger partial charge in [0, 0.05) is 88.1 Å². The average Bonchev–Trinajstić information content (AvgIpc) is 3.59. The molecule has 342 valence electrons. The topological polar surface area (TPSA) is 163 Å². The number of aromatic nitrogens is 3. The summed E-state index contributed by atoms with van der Waals surface area (Å²) in [6.07, 6.45) is 13.1. The van der Waals surface area contributed by atoms with E-state index in [0.29, 0.717) is 30.4 Å². The summed E-state index contributed by atoms with van der Waals surface area (Å²) in [4.78, 5) is 93.1. The van der Waals surface area contributed by atoms with Crippen LogP contribution < -0.4 is 5.32 Å². The van der Waals surface area contributed by atoms with Gasteiger partial charge in [0.1, 0.15) is 11.9 Å². The summed E-state index contributed by atoms with van der Waals surface area (Å²) in [5.41, 5.74) is 8.60. The zero-order chi connectivity index (χ0) is 46.6. The molecule has 1 unspecified atom stereocenters. The number of amides is 5. The number of fused-ring (bicyclic) bond motifs is 1. The highest BCUT2D eigenvalue weighted by atomic mass is 16.2. The van der Waals surface area contributed by atoms with Crippen molar-refractivity contribution < 1.29 is 28.8 Å². The summed E-state index contributed by atoms with van der Waals surface area (Å²) in [5, 5.41) is 2.21. The van der Waals surface area contributed by atoms with E-state index in [1.807, 2.05) is 47.4 Å². The average molecular weight is 890 g/mol. The lowest BCUT2D eigenvalue weighted by atomic mass is 9.97. The minimum Gasteiger partial charge on any atom is -0.340 e. The van der Waals surface area contributed by atoms with E-state index in [1.165, 1.54) is 5.56 Å². The van der Waals surface area contributed by atoms with Crippen molar-refractivity contribution in [3.8, 4) is 11.3 Å². The first-order valence-electron chi connectivity index (χ1n) is 23.3. The van der Waals surface area contributed by atoms with Crippen LogP contribution in [0.3, 0.4) is 0 Å². The third-order valence-electron chi connectivity index (χ3n) is 12.5. The van der Waals surface area contributed by atoms with Crippen molar-refractivity contribution in [3.05, 3.63) is 148 Å². The Kier molecular flexibility index (Phi) is 16.1. The van der Waals surface area contributed by atoms with Crippen molar-refractivity contribution >= 4 is 35.3 Å². The number of aryl methyl sites for hydroxylation is 2. The van der Waals surface area contributed by atoms with Gasteiger partial charge < -0.3 is 4.90 Å². The Morgan fingerprint density at radius 3 is 2.29 bits per heavy atom. The van der Waals surface area contributed by atoms with Gasteiger partial charge in [-0.3, -0.25) is 48.9 Å². The van der Waals surface area contributed by atoms with Gasteiger partial charge in [-0.15, -0.1) is 0 Å². The van der Waals surface area contributed by atoms with Crippen molar-refractivity contribution in [3.63, 3.8) is 0 Å². The van der Waals surface area contributed by atoms with E-state index in [4.69, 9.17) is 4.98 Å². The summed E-state index contributed by atoms with van der Waals surface area (Å²) in [7, 11) is 0. The van der Waals surface area contributed by atoms with Gasteiger partial charge in [-0.25, -0.2) is 9.97 Å². The molecule has 1 N–H and O–H groups in total. The lowest BCUT2D eigenvalue weighted by molar-refractivity contribution is -0.136. The Hall–Kier alpha value is -6.73.